The van der Waals surface area contributed by atoms with Crippen LogP contribution >= 0.6 is 0 Å². The first kappa shape index (κ1) is 19.5. The van der Waals surface area contributed by atoms with Crippen molar-refractivity contribution in [3.63, 3.8) is 0 Å². The molecule has 10 heteroatoms. The van der Waals surface area contributed by atoms with E-state index in [0.29, 0.717) is 11.4 Å². The topological polar surface area (TPSA) is 122 Å². The molecule has 1 unspecified atom stereocenters. The third kappa shape index (κ3) is 4.17. The Morgan fingerprint density at radius 1 is 1.14 bits per heavy atom. The van der Waals surface area contributed by atoms with Crippen molar-refractivity contribution >= 4 is 38.7 Å². The van der Waals surface area contributed by atoms with Crippen LogP contribution in [0.5, 0.6) is 0 Å². The third-order valence-corrected chi connectivity index (χ3v) is 5.26. The van der Waals surface area contributed by atoms with E-state index in [-0.39, 0.29) is 17.0 Å². The summed E-state index contributed by atoms with van der Waals surface area (Å²) in [6, 6.07) is 10.1. The molecule has 3 N–H and O–H groups in total. The van der Waals surface area contributed by atoms with Gasteiger partial charge in [-0.2, -0.15) is 5.10 Å². The van der Waals surface area contributed by atoms with E-state index in [1.807, 2.05) is 0 Å². The van der Waals surface area contributed by atoms with E-state index in [1.165, 1.54) is 53.5 Å². The van der Waals surface area contributed by atoms with Gasteiger partial charge >= 0.3 is 0 Å². The number of hydrogen-bond donors (Lipinski definition) is 2. The van der Waals surface area contributed by atoms with Crippen LogP contribution in [0.25, 0.3) is 0 Å². The van der Waals surface area contributed by atoms with Crippen LogP contribution in [0.15, 0.2) is 58.5 Å². The molecule has 3 rings (SSSR count). The van der Waals surface area contributed by atoms with Crippen LogP contribution < -0.4 is 16.1 Å². The zero-order chi connectivity index (χ0) is 20.5. The summed E-state index contributed by atoms with van der Waals surface area (Å²) >= 11 is 0. The second-order valence-corrected chi connectivity index (χ2v) is 8.26. The Kier molecular flexibility index (Phi) is 5.14. The van der Waals surface area contributed by atoms with Gasteiger partial charge in [-0.15, -0.1) is 0 Å². The summed E-state index contributed by atoms with van der Waals surface area (Å²) in [5.74, 6) is -1.67. The molecule has 2 aromatic carbocycles. The lowest BCUT2D eigenvalue weighted by molar-refractivity contribution is -0.119. The fourth-order valence-electron chi connectivity index (χ4n) is 2.69. The van der Waals surface area contributed by atoms with E-state index >= 15 is 0 Å². The predicted octanol–water partition coefficient (Wildman–Crippen LogP) is 1.29. The summed E-state index contributed by atoms with van der Waals surface area (Å²) < 4.78 is 36.1. The van der Waals surface area contributed by atoms with E-state index in [1.54, 1.807) is 0 Å². The second-order valence-electron chi connectivity index (χ2n) is 6.24. The summed E-state index contributed by atoms with van der Waals surface area (Å²) in [5.41, 5.74) is 6.27. The van der Waals surface area contributed by atoms with Crippen LogP contribution in [-0.4, -0.2) is 38.2 Å². The van der Waals surface area contributed by atoms with E-state index in [2.05, 4.69) is 10.4 Å². The van der Waals surface area contributed by atoms with Crippen LogP contribution in [0.2, 0.25) is 0 Å². The summed E-state index contributed by atoms with van der Waals surface area (Å²) in [7, 11) is -3.34. The molecule has 2 amide bonds. The molecule has 0 radical (unpaired) electrons. The Balaban J connectivity index is 1.80. The number of carbonyl (C=O) groups is 2. The lowest BCUT2D eigenvalue weighted by Crippen LogP contribution is -2.39. The largest absolute Gasteiger partial charge is 0.368 e. The lowest BCUT2D eigenvalue weighted by Gasteiger charge is -2.20. The zero-order valence-electron chi connectivity index (χ0n) is 14.8. The third-order valence-electron chi connectivity index (χ3n) is 4.13. The van der Waals surface area contributed by atoms with Gasteiger partial charge in [0, 0.05) is 18.4 Å². The number of primary amides is 1. The molecule has 0 saturated heterocycles. The average Bonchev–Trinajstić information content (AvgIpc) is 3.08. The number of sulfone groups is 1. The van der Waals surface area contributed by atoms with Gasteiger partial charge in [-0.1, -0.05) is 0 Å². The number of nitrogens with two attached hydrogens (primary N) is 1. The molecular weight excluding hydrogens is 387 g/mol. The number of rotatable bonds is 5. The van der Waals surface area contributed by atoms with Gasteiger partial charge in [0.25, 0.3) is 5.91 Å². The Labute approximate surface area is 160 Å². The normalized spacial score (nSPS) is 16.6. The Bertz CT molecular complexity index is 1050. The van der Waals surface area contributed by atoms with Crippen molar-refractivity contribution in [2.45, 2.75) is 17.4 Å². The van der Waals surface area contributed by atoms with Crippen LogP contribution in [0.3, 0.4) is 0 Å². The highest BCUT2D eigenvalue weighted by atomic mass is 32.2. The SMILES string of the molecule is CS(=O)(=O)c1ccc(NC(=O)C2=NN(c3ccc(F)cc3)C(C(N)=O)C2)cc1. The van der Waals surface area contributed by atoms with E-state index in [4.69, 9.17) is 5.73 Å². The number of nitrogens with zero attached hydrogens (tertiary/aromatic N) is 2. The van der Waals surface area contributed by atoms with Crippen molar-refractivity contribution in [2.24, 2.45) is 10.8 Å². The molecule has 1 heterocycles. The molecule has 146 valence electrons. The maximum Gasteiger partial charge on any atom is 0.271 e. The number of carbonyl (C=O) groups excluding carboxylic acids is 2. The summed E-state index contributed by atoms with van der Waals surface area (Å²) in [6.07, 6.45) is 1.07. The van der Waals surface area contributed by atoms with Crippen molar-refractivity contribution in [3.8, 4) is 0 Å². The van der Waals surface area contributed by atoms with Crippen molar-refractivity contribution in [1.82, 2.24) is 0 Å². The predicted molar refractivity (Wildman–Crippen MR) is 102 cm³/mol. The average molecular weight is 404 g/mol. The molecule has 1 aliphatic heterocycles. The molecule has 0 bridgehead atoms. The minimum absolute atomic E-state index is 0.0139. The second kappa shape index (κ2) is 7.39. The number of amides is 2. The molecule has 0 fully saturated rings. The Morgan fingerprint density at radius 2 is 1.75 bits per heavy atom. The van der Waals surface area contributed by atoms with E-state index in [0.717, 1.165) is 6.26 Å². The molecule has 0 aliphatic carbocycles. The van der Waals surface area contributed by atoms with Gasteiger partial charge in [0.1, 0.15) is 17.6 Å². The smallest absolute Gasteiger partial charge is 0.271 e. The van der Waals surface area contributed by atoms with Crippen LogP contribution in [-0.2, 0) is 19.4 Å². The maximum absolute atomic E-state index is 13.1. The zero-order valence-corrected chi connectivity index (χ0v) is 15.6. The van der Waals surface area contributed by atoms with Gasteiger partial charge in [-0.3, -0.25) is 14.6 Å². The first-order valence-corrected chi connectivity index (χ1v) is 10.1. The number of halogens is 1. The van der Waals surface area contributed by atoms with Crippen molar-refractivity contribution in [3.05, 3.63) is 54.3 Å². The monoisotopic (exact) mass is 404 g/mol. The molecular formula is C18H17FN4O4S. The Morgan fingerprint density at radius 3 is 2.29 bits per heavy atom. The summed E-state index contributed by atoms with van der Waals surface area (Å²) in [4.78, 5) is 24.4. The molecule has 8 nitrogen and oxygen atoms in total. The minimum Gasteiger partial charge on any atom is -0.368 e. The van der Waals surface area contributed by atoms with Gasteiger partial charge in [0.15, 0.2) is 9.84 Å². The van der Waals surface area contributed by atoms with Crippen molar-refractivity contribution in [2.75, 3.05) is 16.6 Å². The molecule has 1 atom stereocenters. The van der Waals surface area contributed by atoms with Crippen molar-refractivity contribution in [1.29, 1.82) is 0 Å². The highest BCUT2D eigenvalue weighted by Crippen LogP contribution is 2.25. The first-order valence-electron chi connectivity index (χ1n) is 8.18. The molecule has 0 spiro atoms. The number of nitrogens with one attached hydrogen (secondary N) is 1. The maximum atomic E-state index is 13.1. The molecule has 0 saturated carbocycles. The van der Waals surface area contributed by atoms with E-state index in [9.17, 15) is 22.4 Å². The summed E-state index contributed by atoms with van der Waals surface area (Å²) in [6.45, 7) is 0. The van der Waals surface area contributed by atoms with Gasteiger partial charge in [0.05, 0.1) is 10.6 Å². The van der Waals surface area contributed by atoms with Crippen LogP contribution in [0, 0.1) is 5.82 Å². The highest BCUT2D eigenvalue weighted by molar-refractivity contribution is 7.90. The van der Waals surface area contributed by atoms with E-state index < -0.39 is 33.5 Å². The van der Waals surface area contributed by atoms with Crippen LogP contribution in [0.1, 0.15) is 6.42 Å². The Hall–Kier alpha value is -3.27. The standard InChI is InChI=1S/C18H17FN4O4S/c1-28(26,27)14-8-4-12(5-9-14)21-18(25)15-10-16(17(20)24)23(22-15)13-6-2-11(19)3-7-13/h2-9,16H,10H2,1H3,(H2,20,24)(H,21,25). The quantitative estimate of drug-likeness (QED) is 0.778. The van der Waals surface area contributed by atoms with Gasteiger partial charge < -0.3 is 11.1 Å². The fourth-order valence-corrected chi connectivity index (χ4v) is 3.32. The number of benzene rings is 2. The van der Waals surface area contributed by atoms with Gasteiger partial charge in [-0.05, 0) is 48.5 Å². The molecule has 28 heavy (non-hydrogen) atoms. The molecule has 2 aromatic rings. The first-order chi connectivity index (χ1) is 13.1. The fraction of sp³-hybridized carbons (Fsp3) is 0.167. The lowest BCUT2D eigenvalue weighted by atomic mass is 10.1. The molecule has 0 aromatic heterocycles. The van der Waals surface area contributed by atoms with Gasteiger partial charge in [0.2, 0.25) is 5.91 Å². The molecule has 1 aliphatic rings. The number of hydrazone groups is 1. The highest BCUT2D eigenvalue weighted by Gasteiger charge is 2.35. The minimum atomic E-state index is -3.34. The number of anilines is 2. The number of hydrogen-bond acceptors (Lipinski definition) is 6. The van der Waals surface area contributed by atoms with Crippen LogP contribution in [0.4, 0.5) is 15.8 Å². The van der Waals surface area contributed by atoms with Crippen molar-refractivity contribution < 1.29 is 22.4 Å². The summed E-state index contributed by atoms with van der Waals surface area (Å²) in [5, 5.41) is 8.04. The van der Waals surface area contributed by atoms with Gasteiger partial charge in [-0.25, -0.2) is 12.8 Å².